The maximum atomic E-state index is 12.8. The molecule has 4 heteroatoms. The normalized spacial score (nSPS) is 16.5. The number of nitrogens with one attached hydrogen (secondary N) is 1. The maximum Gasteiger partial charge on any atom is 0.261 e. The lowest BCUT2D eigenvalue weighted by Gasteiger charge is -2.37. The predicted octanol–water partition coefficient (Wildman–Crippen LogP) is 5.29. The summed E-state index contributed by atoms with van der Waals surface area (Å²) in [5.74, 6) is 0.642. The highest BCUT2D eigenvalue weighted by Gasteiger charge is 2.29. The van der Waals surface area contributed by atoms with Gasteiger partial charge in [0, 0.05) is 19.6 Å². The van der Waals surface area contributed by atoms with Crippen LogP contribution in [0.2, 0.25) is 0 Å². The van der Waals surface area contributed by atoms with Gasteiger partial charge >= 0.3 is 0 Å². The number of amides is 1. The fraction of sp³-hybridized carbons (Fsp3) is 0.276. The topological polar surface area (TPSA) is 41.6 Å². The summed E-state index contributed by atoms with van der Waals surface area (Å²) in [5, 5.41) is 3.01. The van der Waals surface area contributed by atoms with Crippen LogP contribution in [0.5, 0.6) is 5.75 Å². The van der Waals surface area contributed by atoms with E-state index in [2.05, 4.69) is 53.2 Å². The second kappa shape index (κ2) is 11.0. The summed E-state index contributed by atoms with van der Waals surface area (Å²) in [6, 6.07) is 26.9. The molecule has 1 aliphatic rings. The number of carbonyl (C=O) groups excluding carboxylic acids is 1. The molecule has 2 atom stereocenters. The number of benzene rings is 3. The van der Waals surface area contributed by atoms with Crippen LogP contribution >= 0.6 is 0 Å². The van der Waals surface area contributed by atoms with Crippen LogP contribution in [0.25, 0.3) is 0 Å². The number of rotatable bonds is 9. The zero-order chi connectivity index (χ0) is 23.0. The zero-order valence-corrected chi connectivity index (χ0v) is 19.2. The molecule has 3 aromatic carbocycles. The van der Waals surface area contributed by atoms with Crippen LogP contribution in [0.1, 0.15) is 41.6 Å². The summed E-state index contributed by atoms with van der Waals surface area (Å²) < 4.78 is 6.21. The van der Waals surface area contributed by atoms with Gasteiger partial charge in [0.2, 0.25) is 0 Å². The lowest BCUT2D eigenvalue weighted by atomic mass is 9.88. The van der Waals surface area contributed by atoms with Gasteiger partial charge in [0.15, 0.2) is 6.10 Å². The second-order valence-electron chi connectivity index (χ2n) is 8.43. The van der Waals surface area contributed by atoms with E-state index in [-0.39, 0.29) is 11.9 Å². The molecule has 1 amide bonds. The SMILES string of the molecule is C=CCN1CCc2ccc(OC(CC)C(=O)NCc3ccccc3)cc2C1c1ccccc1. The van der Waals surface area contributed by atoms with Crippen molar-refractivity contribution in [3.05, 3.63) is 114 Å². The Balaban J connectivity index is 1.54. The third-order valence-electron chi connectivity index (χ3n) is 6.18. The Morgan fingerprint density at radius 1 is 1.12 bits per heavy atom. The molecule has 0 saturated heterocycles. The van der Waals surface area contributed by atoms with Gasteiger partial charge in [-0.3, -0.25) is 9.69 Å². The van der Waals surface area contributed by atoms with Crippen LogP contribution in [0.4, 0.5) is 0 Å². The lowest BCUT2D eigenvalue weighted by molar-refractivity contribution is -0.128. The predicted molar refractivity (Wildman–Crippen MR) is 133 cm³/mol. The summed E-state index contributed by atoms with van der Waals surface area (Å²) >= 11 is 0. The minimum Gasteiger partial charge on any atom is -0.481 e. The van der Waals surface area contributed by atoms with Gasteiger partial charge in [0.05, 0.1) is 6.04 Å². The molecule has 0 spiro atoms. The fourth-order valence-corrected chi connectivity index (χ4v) is 4.49. The summed E-state index contributed by atoms with van der Waals surface area (Å²) in [5.41, 5.74) is 4.90. The largest absolute Gasteiger partial charge is 0.481 e. The molecule has 0 aromatic heterocycles. The van der Waals surface area contributed by atoms with Crippen molar-refractivity contribution in [3.63, 3.8) is 0 Å². The van der Waals surface area contributed by atoms with Gasteiger partial charge in [-0.25, -0.2) is 0 Å². The number of carbonyl (C=O) groups is 1. The van der Waals surface area contributed by atoms with Crippen LogP contribution in [-0.4, -0.2) is 30.0 Å². The van der Waals surface area contributed by atoms with Crippen molar-refractivity contribution in [2.24, 2.45) is 0 Å². The van der Waals surface area contributed by atoms with Crippen molar-refractivity contribution in [3.8, 4) is 5.75 Å². The fourth-order valence-electron chi connectivity index (χ4n) is 4.49. The molecule has 33 heavy (non-hydrogen) atoms. The molecule has 1 N–H and O–H groups in total. The molecule has 0 saturated carbocycles. The smallest absolute Gasteiger partial charge is 0.261 e. The molecular weight excluding hydrogens is 408 g/mol. The van der Waals surface area contributed by atoms with Gasteiger partial charge in [-0.1, -0.05) is 79.7 Å². The van der Waals surface area contributed by atoms with E-state index < -0.39 is 6.10 Å². The first kappa shape index (κ1) is 22.8. The Kier molecular flexibility index (Phi) is 7.59. The molecule has 3 aromatic rings. The quantitative estimate of drug-likeness (QED) is 0.460. The molecule has 1 heterocycles. The minimum absolute atomic E-state index is 0.0908. The van der Waals surface area contributed by atoms with Crippen molar-refractivity contribution < 1.29 is 9.53 Å². The molecule has 170 valence electrons. The summed E-state index contributed by atoms with van der Waals surface area (Å²) in [6.45, 7) is 8.23. The Morgan fingerprint density at radius 3 is 2.55 bits per heavy atom. The van der Waals surface area contributed by atoms with Gasteiger partial charge in [-0.15, -0.1) is 6.58 Å². The van der Waals surface area contributed by atoms with Gasteiger partial charge in [-0.05, 0) is 47.2 Å². The van der Waals surface area contributed by atoms with E-state index in [1.165, 1.54) is 16.7 Å². The van der Waals surface area contributed by atoms with Crippen LogP contribution in [0, 0.1) is 0 Å². The molecule has 0 bridgehead atoms. The van der Waals surface area contributed by atoms with E-state index in [4.69, 9.17) is 4.74 Å². The van der Waals surface area contributed by atoms with E-state index in [0.717, 1.165) is 30.8 Å². The number of ether oxygens (including phenoxy) is 1. The number of fused-ring (bicyclic) bond motifs is 1. The highest BCUT2D eigenvalue weighted by atomic mass is 16.5. The first-order chi connectivity index (χ1) is 16.2. The number of nitrogens with zero attached hydrogens (tertiary/aromatic N) is 1. The van der Waals surface area contributed by atoms with Gasteiger partial charge in [0.1, 0.15) is 5.75 Å². The molecule has 0 radical (unpaired) electrons. The van der Waals surface area contributed by atoms with Crippen molar-refractivity contribution in [2.75, 3.05) is 13.1 Å². The van der Waals surface area contributed by atoms with Gasteiger partial charge < -0.3 is 10.1 Å². The molecule has 2 unspecified atom stereocenters. The van der Waals surface area contributed by atoms with E-state index >= 15 is 0 Å². The van der Waals surface area contributed by atoms with E-state index in [9.17, 15) is 4.79 Å². The average Bonchev–Trinajstić information content (AvgIpc) is 2.87. The van der Waals surface area contributed by atoms with Crippen molar-refractivity contribution in [2.45, 2.75) is 38.5 Å². The molecule has 0 fully saturated rings. The Morgan fingerprint density at radius 2 is 1.85 bits per heavy atom. The van der Waals surface area contributed by atoms with Crippen molar-refractivity contribution >= 4 is 5.91 Å². The Labute approximate surface area is 196 Å². The molecule has 1 aliphatic heterocycles. The summed E-state index contributed by atoms with van der Waals surface area (Å²) in [7, 11) is 0. The van der Waals surface area contributed by atoms with E-state index in [1.54, 1.807) is 0 Å². The standard InChI is InChI=1S/C29H32N2O2/c1-3-18-31-19-17-23-15-16-25(20-26(23)28(31)24-13-9-6-10-14-24)33-27(4-2)29(32)30-21-22-11-7-5-8-12-22/h3,5-16,20,27-28H,1,4,17-19,21H2,2H3,(H,30,32). The van der Waals surface area contributed by atoms with Crippen LogP contribution in [0.15, 0.2) is 91.5 Å². The number of hydrogen-bond donors (Lipinski definition) is 1. The average molecular weight is 441 g/mol. The highest BCUT2D eigenvalue weighted by Crippen LogP contribution is 2.37. The first-order valence-electron chi connectivity index (χ1n) is 11.7. The van der Waals surface area contributed by atoms with Gasteiger partial charge in [-0.2, -0.15) is 0 Å². The van der Waals surface area contributed by atoms with Crippen molar-refractivity contribution in [1.29, 1.82) is 0 Å². The van der Waals surface area contributed by atoms with Crippen LogP contribution in [0.3, 0.4) is 0 Å². The molecule has 4 rings (SSSR count). The van der Waals surface area contributed by atoms with Crippen molar-refractivity contribution in [1.82, 2.24) is 10.2 Å². The van der Waals surface area contributed by atoms with Gasteiger partial charge in [0.25, 0.3) is 5.91 Å². The Hall–Kier alpha value is -3.37. The molecular formula is C29H32N2O2. The van der Waals surface area contributed by atoms with Crippen LogP contribution < -0.4 is 10.1 Å². The Bertz CT molecular complexity index is 1070. The molecule has 0 aliphatic carbocycles. The lowest BCUT2D eigenvalue weighted by Crippen LogP contribution is -2.38. The third-order valence-corrected chi connectivity index (χ3v) is 6.18. The number of hydrogen-bond acceptors (Lipinski definition) is 3. The first-order valence-corrected chi connectivity index (χ1v) is 11.7. The van der Waals surface area contributed by atoms with Crippen LogP contribution in [-0.2, 0) is 17.8 Å². The zero-order valence-electron chi connectivity index (χ0n) is 19.2. The maximum absolute atomic E-state index is 12.8. The second-order valence-corrected chi connectivity index (χ2v) is 8.43. The highest BCUT2D eigenvalue weighted by molar-refractivity contribution is 5.81. The van der Waals surface area contributed by atoms with E-state index in [0.29, 0.717) is 13.0 Å². The summed E-state index contributed by atoms with van der Waals surface area (Å²) in [4.78, 5) is 15.3. The monoisotopic (exact) mass is 440 g/mol. The minimum atomic E-state index is -0.533. The summed E-state index contributed by atoms with van der Waals surface area (Å²) in [6.07, 6.45) is 3.02. The third kappa shape index (κ3) is 5.52. The van der Waals surface area contributed by atoms with E-state index in [1.807, 2.05) is 55.5 Å². The molecule has 4 nitrogen and oxygen atoms in total.